The minimum absolute atomic E-state index is 0. The SMILES string of the molecule is CCON=C(C(=O)NC1C(=O)N2C(C(=O)O)=CC(C)S[C@@H]12)c1csc(N)n1.Cl. The van der Waals surface area contributed by atoms with E-state index in [0.717, 1.165) is 11.3 Å². The Hall–Kier alpha value is -2.31. The minimum atomic E-state index is -1.18. The lowest BCUT2D eigenvalue weighted by Crippen LogP contribution is -2.71. The second-order valence-electron chi connectivity index (χ2n) is 5.68. The van der Waals surface area contributed by atoms with Crippen LogP contribution in [0, 0.1) is 0 Å². The van der Waals surface area contributed by atoms with E-state index in [1.807, 2.05) is 6.92 Å². The number of fused-ring (bicyclic) bond motifs is 1. The highest BCUT2D eigenvalue weighted by atomic mass is 35.5. The molecular weight excluding hydrogens is 430 g/mol. The van der Waals surface area contributed by atoms with Crippen LogP contribution >= 0.6 is 35.5 Å². The highest BCUT2D eigenvalue weighted by Crippen LogP contribution is 2.40. The molecule has 0 radical (unpaired) electrons. The third-order valence-electron chi connectivity index (χ3n) is 3.82. The number of nitrogen functional groups attached to an aromatic ring is 1. The van der Waals surface area contributed by atoms with E-state index in [1.165, 1.54) is 22.7 Å². The van der Waals surface area contributed by atoms with Crippen molar-refractivity contribution in [1.29, 1.82) is 0 Å². The van der Waals surface area contributed by atoms with Gasteiger partial charge in [0, 0.05) is 10.6 Å². The van der Waals surface area contributed by atoms with E-state index < -0.39 is 29.2 Å². The first-order valence-corrected chi connectivity index (χ1v) is 9.81. The largest absolute Gasteiger partial charge is 0.477 e. The summed E-state index contributed by atoms with van der Waals surface area (Å²) in [4.78, 5) is 46.6. The van der Waals surface area contributed by atoms with Crippen LogP contribution in [-0.4, -0.2) is 61.8 Å². The van der Waals surface area contributed by atoms with Crippen LogP contribution in [0.3, 0.4) is 0 Å². The molecule has 1 fully saturated rings. The predicted molar refractivity (Wildman–Crippen MR) is 107 cm³/mol. The molecule has 0 bridgehead atoms. The Labute approximate surface area is 174 Å². The minimum Gasteiger partial charge on any atom is -0.477 e. The number of rotatable bonds is 6. The summed E-state index contributed by atoms with van der Waals surface area (Å²) in [5, 5.41) is 16.9. The number of carbonyl (C=O) groups is 3. The number of carbonyl (C=O) groups excluding carboxylic acids is 2. The highest BCUT2D eigenvalue weighted by Gasteiger charge is 2.54. The lowest BCUT2D eigenvalue weighted by molar-refractivity contribution is -0.150. The number of halogens is 1. The number of nitrogens with two attached hydrogens (primary N) is 1. The van der Waals surface area contributed by atoms with Gasteiger partial charge in [-0.1, -0.05) is 5.16 Å². The number of nitrogens with zero attached hydrogens (tertiary/aromatic N) is 3. The van der Waals surface area contributed by atoms with Crippen LogP contribution < -0.4 is 11.1 Å². The van der Waals surface area contributed by atoms with Crippen molar-refractivity contribution in [1.82, 2.24) is 15.2 Å². The molecule has 10 nitrogen and oxygen atoms in total. The monoisotopic (exact) mass is 447 g/mol. The Morgan fingerprint density at radius 1 is 1.50 bits per heavy atom. The molecule has 0 aliphatic carbocycles. The maximum atomic E-state index is 12.7. The fourth-order valence-electron chi connectivity index (χ4n) is 2.67. The lowest BCUT2D eigenvalue weighted by atomic mass is 10.0. The summed E-state index contributed by atoms with van der Waals surface area (Å²) in [5.74, 6) is -2.32. The summed E-state index contributed by atoms with van der Waals surface area (Å²) < 4.78 is 0. The van der Waals surface area contributed by atoms with Crippen molar-refractivity contribution in [2.45, 2.75) is 30.5 Å². The molecule has 2 aliphatic heterocycles. The summed E-state index contributed by atoms with van der Waals surface area (Å²) in [6.45, 7) is 3.78. The molecule has 3 atom stereocenters. The smallest absolute Gasteiger partial charge is 0.352 e. The van der Waals surface area contributed by atoms with Gasteiger partial charge >= 0.3 is 5.97 Å². The number of β-lactam (4-membered cyclic amide) rings is 1. The molecule has 4 N–H and O–H groups in total. The molecule has 28 heavy (non-hydrogen) atoms. The fourth-order valence-corrected chi connectivity index (χ4v) is 4.54. The molecule has 3 rings (SSSR count). The molecule has 2 amide bonds. The van der Waals surface area contributed by atoms with Gasteiger partial charge in [0.15, 0.2) is 10.8 Å². The Morgan fingerprint density at radius 2 is 2.21 bits per heavy atom. The predicted octanol–water partition coefficient (Wildman–Crippen LogP) is 0.645. The third kappa shape index (κ3) is 4.08. The Bertz CT molecular complexity index is 858. The quantitative estimate of drug-likeness (QED) is 0.327. The molecule has 0 spiro atoms. The second kappa shape index (κ2) is 8.80. The number of thioether (sulfide) groups is 1. The van der Waals surface area contributed by atoms with Crippen LogP contribution in [0.5, 0.6) is 0 Å². The third-order valence-corrected chi connectivity index (χ3v) is 5.82. The number of aliphatic carboxylic acids is 1. The number of oxime groups is 1. The zero-order valence-electron chi connectivity index (χ0n) is 14.8. The first-order chi connectivity index (χ1) is 12.8. The van der Waals surface area contributed by atoms with Crippen molar-refractivity contribution >= 4 is 64.1 Å². The first kappa shape index (κ1) is 22.0. The fraction of sp³-hybridized carbons (Fsp3) is 0.400. The highest BCUT2D eigenvalue weighted by molar-refractivity contribution is 8.00. The standard InChI is InChI=1S/C15H17N5O5S2.ClH/c1-3-25-19-9(7-5-26-15(16)17-7)11(21)18-10-12(22)20-8(14(23)24)4-6(2)27-13(10)20;/h4-6,10,13H,3H2,1-2H3,(H2,16,17)(H,18,21)(H,23,24);1H/t6?,10?,13-;/m0./s1. The summed E-state index contributed by atoms with van der Waals surface area (Å²) >= 11 is 2.53. The van der Waals surface area contributed by atoms with Crippen LogP contribution in [-0.2, 0) is 19.2 Å². The van der Waals surface area contributed by atoms with Gasteiger partial charge in [-0.2, -0.15) is 0 Å². The van der Waals surface area contributed by atoms with Crippen LogP contribution in [0.15, 0.2) is 22.3 Å². The van der Waals surface area contributed by atoms with E-state index in [0.29, 0.717) is 0 Å². The van der Waals surface area contributed by atoms with E-state index in [-0.39, 0.29) is 46.5 Å². The Morgan fingerprint density at radius 3 is 2.79 bits per heavy atom. The number of hydrogen-bond donors (Lipinski definition) is 3. The number of anilines is 1. The van der Waals surface area contributed by atoms with Crippen molar-refractivity contribution in [2.75, 3.05) is 12.3 Å². The average molecular weight is 448 g/mol. The van der Waals surface area contributed by atoms with Crippen molar-refractivity contribution in [3.63, 3.8) is 0 Å². The molecule has 1 saturated heterocycles. The van der Waals surface area contributed by atoms with Gasteiger partial charge in [0.1, 0.15) is 29.4 Å². The number of carboxylic acid groups (broad SMARTS) is 1. The molecule has 2 unspecified atom stereocenters. The van der Waals surface area contributed by atoms with Crippen LogP contribution in [0.25, 0.3) is 0 Å². The summed E-state index contributed by atoms with van der Waals surface area (Å²) in [7, 11) is 0. The first-order valence-electron chi connectivity index (χ1n) is 7.99. The van der Waals surface area contributed by atoms with Gasteiger partial charge in [-0.15, -0.1) is 35.5 Å². The van der Waals surface area contributed by atoms with Gasteiger partial charge in [-0.05, 0) is 19.9 Å². The number of amides is 2. The normalized spacial score (nSPS) is 23.7. The lowest BCUT2D eigenvalue weighted by Gasteiger charge is -2.49. The summed E-state index contributed by atoms with van der Waals surface area (Å²) in [5.41, 5.74) is 5.67. The van der Waals surface area contributed by atoms with E-state index in [9.17, 15) is 19.5 Å². The number of carboxylic acids is 1. The summed E-state index contributed by atoms with van der Waals surface area (Å²) in [6.07, 6.45) is 1.51. The Kier molecular flexibility index (Phi) is 6.91. The maximum absolute atomic E-state index is 12.7. The second-order valence-corrected chi connectivity index (χ2v) is 8.07. The average Bonchev–Trinajstić information content (AvgIpc) is 3.05. The van der Waals surface area contributed by atoms with Gasteiger partial charge < -0.3 is 21.0 Å². The van der Waals surface area contributed by atoms with Gasteiger partial charge in [0.25, 0.3) is 11.8 Å². The molecule has 2 aliphatic rings. The van der Waals surface area contributed by atoms with Crippen LogP contribution in [0.2, 0.25) is 0 Å². The molecule has 1 aromatic heterocycles. The van der Waals surface area contributed by atoms with Crippen LogP contribution in [0.1, 0.15) is 19.5 Å². The van der Waals surface area contributed by atoms with E-state index in [2.05, 4.69) is 15.5 Å². The van der Waals surface area contributed by atoms with Gasteiger partial charge in [0.05, 0.1) is 0 Å². The Balaban J connectivity index is 0.00000280. The molecule has 152 valence electrons. The number of nitrogens with one attached hydrogen (secondary N) is 1. The van der Waals surface area contributed by atoms with Crippen molar-refractivity contribution in [3.8, 4) is 0 Å². The zero-order valence-corrected chi connectivity index (χ0v) is 17.3. The van der Waals surface area contributed by atoms with Crippen molar-refractivity contribution in [2.24, 2.45) is 5.16 Å². The van der Waals surface area contributed by atoms with Gasteiger partial charge in [-0.3, -0.25) is 14.5 Å². The van der Waals surface area contributed by atoms with Crippen LogP contribution in [0.4, 0.5) is 5.13 Å². The molecule has 1 aromatic rings. The topological polar surface area (TPSA) is 147 Å². The van der Waals surface area contributed by atoms with Crippen molar-refractivity contribution in [3.05, 3.63) is 22.8 Å². The molecule has 13 heteroatoms. The number of hydrogen-bond acceptors (Lipinski definition) is 9. The van der Waals surface area contributed by atoms with E-state index in [1.54, 1.807) is 12.3 Å². The van der Waals surface area contributed by atoms with E-state index in [4.69, 9.17) is 10.6 Å². The zero-order chi connectivity index (χ0) is 19.7. The number of thiazole rings is 1. The van der Waals surface area contributed by atoms with E-state index >= 15 is 0 Å². The van der Waals surface area contributed by atoms with Crippen molar-refractivity contribution < 1.29 is 24.3 Å². The molecule has 0 saturated carbocycles. The summed E-state index contributed by atoms with van der Waals surface area (Å²) in [6, 6.07) is -0.865. The molecule has 0 aromatic carbocycles. The van der Waals surface area contributed by atoms with Gasteiger partial charge in [-0.25, -0.2) is 9.78 Å². The molecular formula is C15H18ClN5O5S2. The molecule has 3 heterocycles. The maximum Gasteiger partial charge on any atom is 0.352 e. The van der Waals surface area contributed by atoms with Gasteiger partial charge in [0.2, 0.25) is 0 Å². The number of aromatic nitrogens is 1.